The van der Waals surface area contributed by atoms with E-state index in [2.05, 4.69) is 27.5 Å². The molecule has 158 valence electrons. The van der Waals surface area contributed by atoms with Gasteiger partial charge in [-0.25, -0.2) is 4.39 Å². The maximum Gasteiger partial charge on any atom is 0.267 e. The van der Waals surface area contributed by atoms with Crippen LogP contribution in [0.2, 0.25) is 0 Å². The number of unbranched alkanes of at least 4 members (excludes halogenated alkanes) is 1. The highest BCUT2D eigenvalue weighted by atomic mass is 19.1. The number of nitrogens with two attached hydrogens (primary N) is 1. The number of rotatable bonds is 9. The molecular weight excluding hydrogens is 385 g/mol. The minimum absolute atomic E-state index is 0.120. The second-order valence-electron chi connectivity index (χ2n) is 7.21. The van der Waals surface area contributed by atoms with E-state index in [9.17, 15) is 14.0 Å². The van der Waals surface area contributed by atoms with Crippen molar-refractivity contribution in [3.63, 3.8) is 0 Å². The van der Waals surface area contributed by atoms with Gasteiger partial charge in [-0.05, 0) is 49.2 Å². The van der Waals surface area contributed by atoms with Gasteiger partial charge in [0.1, 0.15) is 17.6 Å². The summed E-state index contributed by atoms with van der Waals surface area (Å²) in [6.45, 7) is 1.39. The van der Waals surface area contributed by atoms with Gasteiger partial charge in [0.2, 0.25) is 5.91 Å². The fourth-order valence-corrected chi connectivity index (χ4v) is 3.29. The van der Waals surface area contributed by atoms with Crippen LogP contribution in [0.5, 0.6) is 0 Å². The number of primary amides is 1. The molecule has 0 aromatic heterocycles. The molecule has 2 aromatic rings. The van der Waals surface area contributed by atoms with Crippen LogP contribution in [0.15, 0.2) is 59.7 Å². The number of hydrogen-bond acceptors (Lipinski definition) is 5. The third-order valence-corrected chi connectivity index (χ3v) is 4.99. The van der Waals surface area contributed by atoms with Crippen LogP contribution >= 0.6 is 0 Å². The summed E-state index contributed by atoms with van der Waals surface area (Å²) in [5.74, 6) is -1.30. The summed E-state index contributed by atoms with van der Waals surface area (Å²) < 4.78 is 13.2. The van der Waals surface area contributed by atoms with Gasteiger partial charge in [0, 0.05) is 32.2 Å². The number of amides is 2. The fourth-order valence-electron chi connectivity index (χ4n) is 3.29. The van der Waals surface area contributed by atoms with E-state index in [1.165, 1.54) is 29.3 Å². The van der Waals surface area contributed by atoms with E-state index in [1.807, 2.05) is 25.2 Å². The first-order valence-corrected chi connectivity index (χ1v) is 9.91. The van der Waals surface area contributed by atoms with Crippen molar-refractivity contribution in [3.8, 4) is 0 Å². The zero-order valence-electron chi connectivity index (χ0n) is 16.9. The molecule has 0 radical (unpaired) electrons. The third-order valence-electron chi connectivity index (χ3n) is 4.99. The summed E-state index contributed by atoms with van der Waals surface area (Å²) >= 11 is 0. The van der Waals surface area contributed by atoms with Gasteiger partial charge in [0.05, 0.1) is 5.69 Å². The Morgan fingerprint density at radius 2 is 1.87 bits per heavy atom. The Morgan fingerprint density at radius 3 is 2.53 bits per heavy atom. The number of anilines is 2. The van der Waals surface area contributed by atoms with E-state index >= 15 is 0 Å². The summed E-state index contributed by atoms with van der Waals surface area (Å²) in [7, 11) is 2.04. The lowest BCUT2D eigenvalue weighted by atomic mass is 10.1. The van der Waals surface area contributed by atoms with E-state index in [0.29, 0.717) is 12.2 Å². The summed E-state index contributed by atoms with van der Waals surface area (Å²) in [6.07, 6.45) is 1.86. The third kappa shape index (κ3) is 5.34. The highest BCUT2D eigenvalue weighted by Gasteiger charge is 2.34. The number of nitrogens with one attached hydrogen (secondary N) is 1. The number of para-hydroxylation sites is 1. The van der Waals surface area contributed by atoms with Crippen LogP contribution < -0.4 is 21.0 Å². The first-order chi connectivity index (χ1) is 14.5. The SMILES string of the molecule is CN(CCCCNC(=O)C1=NN(c2ccc(F)cc2)C(C(N)=O)C1)c1ccccc1. The van der Waals surface area contributed by atoms with Gasteiger partial charge in [-0.3, -0.25) is 14.6 Å². The van der Waals surface area contributed by atoms with Gasteiger partial charge < -0.3 is 16.0 Å². The number of halogens is 1. The standard InChI is InChI=1S/C22H26FN5O2/c1-27(17-7-3-2-4-8-17)14-6-5-13-25-22(30)19-15-20(21(24)29)28(26-19)18-11-9-16(23)10-12-18/h2-4,7-12,20H,5-6,13-15H2,1H3,(H2,24,29)(H,25,30). The molecule has 0 bridgehead atoms. The number of carbonyl (C=O) groups is 2. The van der Waals surface area contributed by atoms with Gasteiger partial charge in [-0.2, -0.15) is 5.10 Å². The molecule has 0 saturated heterocycles. The molecule has 1 heterocycles. The second-order valence-corrected chi connectivity index (χ2v) is 7.21. The van der Waals surface area contributed by atoms with Crippen molar-refractivity contribution in [2.75, 3.05) is 30.0 Å². The van der Waals surface area contributed by atoms with Crippen molar-refractivity contribution >= 4 is 28.9 Å². The number of hydrazone groups is 1. The van der Waals surface area contributed by atoms with Gasteiger partial charge in [0.25, 0.3) is 5.91 Å². The minimum Gasteiger partial charge on any atom is -0.375 e. The van der Waals surface area contributed by atoms with Crippen LogP contribution in [0.3, 0.4) is 0 Å². The number of nitrogens with zero attached hydrogens (tertiary/aromatic N) is 3. The summed E-state index contributed by atoms with van der Waals surface area (Å²) in [6, 6.07) is 14.9. The molecule has 7 nitrogen and oxygen atoms in total. The molecule has 2 amide bonds. The predicted molar refractivity (Wildman–Crippen MR) is 116 cm³/mol. The first kappa shape index (κ1) is 21.3. The number of benzene rings is 2. The van der Waals surface area contributed by atoms with Crippen LogP contribution in [0.4, 0.5) is 15.8 Å². The Hall–Kier alpha value is -3.42. The van der Waals surface area contributed by atoms with Crippen molar-refractivity contribution in [2.45, 2.75) is 25.3 Å². The Kier molecular flexibility index (Phi) is 7.00. The number of carbonyl (C=O) groups excluding carboxylic acids is 2. The first-order valence-electron chi connectivity index (χ1n) is 9.91. The summed E-state index contributed by atoms with van der Waals surface area (Å²) in [4.78, 5) is 26.4. The molecule has 0 fully saturated rings. The van der Waals surface area contributed by atoms with Crippen molar-refractivity contribution in [1.29, 1.82) is 0 Å². The van der Waals surface area contributed by atoms with Crippen molar-refractivity contribution in [1.82, 2.24) is 5.32 Å². The van der Waals surface area contributed by atoms with Crippen LogP contribution in [-0.2, 0) is 9.59 Å². The smallest absolute Gasteiger partial charge is 0.267 e. The molecular formula is C22H26FN5O2. The van der Waals surface area contributed by atoms with Crippen LogP contribution in [0.1, 0.15) is 19.3 Å². The molecule has 1 atom stereocenters. The molecule has 8 heteroatoms. The Labute approximate surface area is 175 Å². The van der Waals surface area contributed by atoms with E-state index in [1.54, 1.807) is 0 Å². The quantitative estimate of drug-likeness (QED) is 0.620. The molecule has 1 aliphatic rings. The van der Waals surface area contributed by atoms with E-state index in [4.69, 9.17) is 5.73 Å². The molecule has 1 aliphatic heterocycles. The van der Waals surface area contributed by atoms with Gasteiger partial charge in [-0.15, -0.1) is 0 Å². The lowest BCUT2D eigenvalue weighted by Crippen LogP contribution is -2.40. The Balaban J connectivity index is 1.49. The highest BCUT2D eigenvalue weighted by molar-refractivity contribution is 6.40. The molecule has 2 aromatic carbocycles. The van der Waals surface area contributed by atoms with Crippen LogP contribution in [0.25, 0.3) is 0 Å². The maximum atomic E-state index is 13.2. The summed E-state index contributed by atoms with van der Waals surface area (Å²) in [5.41, 5.74) is 7.37. The lowest BCUT2D eigenvalue weighted by molar-refractivity contribution is -0.119. The largest absolute Gasteiger partial charge is 0.375 e. The average molecular weight is 411 g/mol. The van der Waals surface area contributed by atoms with Gasteiger partial charge in [0.15, 0.2) is 0 Å². The van der Waals surface area contributed by atoms with Crippen LogP contribution in [0, 0.1) is 5.82 Å². The van der Waals surface area contributed by atoms with E-state index in [0.717, 1.165) is 25.1 Å². The van der Waals surface area contributed by atoms with Crippen molar-refractivity contribution in [3.05, 3.63) is 60.4 Å². The van der Waals surface area contributed by atoms with Crippen LogP contribution in [-0.4, -0.2) is 43.7 Å². The maximum absolute atomic E-state index is 13.2. The van der Waals surface area contributed by atoms with E-state index < -0.39 is 17.8 Å². The second kappa shape index (κ2) is 9.87. The molecule has 0 saturated carbocycles. The lowest BCUT2D eigenvalue weighted by Gasteiger charge is -2.20. The molecule has 0 aliphatic carbocycles. The van der Waals surface area contributed by atoms with E-state index in [-0.39, 0.29) is 18.0 Å². The molecule has 3 rings (SSSR count). The minimum atomic E-state index is -0.768. The zero-order valence-corrected chi connectivity index (χ0v) is 16.9. The number of hydrogen-bond donors (Lipinski definition) is 2. The highest BCUT2D eigenvalue weighted by Crippen LogP contribution is 2.24. The normalized spacial score (nSPS) is 15.6. The predicted octanol–water partition coefficient (Wildman–Crippen LogP) is 2.28. The Morgan fingerprint density at radius 1 is 1.17 bits per heavy atom. The van der Waals surface area contributed by atoms with Crippen molar-refractivity contribution in [2.24, 2.45) is 10.8 Å². The molecule has 3 N–H and O–H groups in total. The Bertz CT molecular complexity index is 902. The van der Waals surface area contributed by atoms with Gasteiger partial charge >= 0.3 is 0 Å². The molecule has 1 unspecified atom stereocenters. The zero-order chi connectivity index (χ0) is 21.5. The molecule has 0 spiro atoms. The topological polar surface area (TPSA) is 91.0 Å². The monoisotopic (exact) mass is 411 g/mol. The van der Waals surface area contributed by atoms with Crippen molar-refractivity contribution < 1.29 is 14.0 Å². The average Bonchev–Trinajstić information content (AvgIpc) is 3.20. The fraction of sp³-hybridized carbons (Fsp3) is 0.318. The van der Waals surface area contributed by atoms with Gasteiger partial charge in [-0.1, -0.05) is 18.2 Å². The molecule has 30 heavy (non-hydrogen) atoms. The summed E-state index contributed by atoms with van der Waals surface area (Å²) in [5, 5.41) is 8.50.